The molecule has 0 bridgehead atoms. The minimum absolute atomic E-state index is 0.00784. The zero-order valence-electron chi connectivity index (χ0n) is 22.2. The normalized spacial score (nSPS) is 24.7. The van der Waals surface area contributed by atoms with E-state index in [4.69, 9.17) is 14.5 Å². The zero-order valence-corrected chi connectivity index (χ0v) is 22.2. The summed E-state index contributed by atoms with van der Waals surface area (Å²) in [7, 11) is 1.89. The molecule has 0 radical (unpaired) electrons. The molecule has 1 aliphatic carbocycles. The Hall–Kier alpha value is -3.23. The van der Waals surface area contributed by atoms with Gasteiger partial charge < -0.3 is 24.7 Å². The summed E-state index contributed by atoms with van der Waals surface area (Å²) in [4.78, 5) is 13.8. The third-order valence-corrected chi connectivity index (χ3v) is 7.65. The van der Waals surface area contributed by atoms with Gasteiger partial charge in [-0.3, -0.25) is 0 Å². The molecule has 1 aromatic carbocycles. The number of rotatable bonds is 7. The monoisotopic (exact) mass is 500 g/mol. The molecule has 1 aliphatic heterocycles. The van der Waals surface area contributed by atoms with Crippen molar-refractivity contribution in [2.45, 2.75) is 77.0 Å². The van der Waals surface area contributed by atoms with Crippen LogP contribution in [-0.2, 0) is 15.9 Å². The van der Waals surface area contributed by atoms with Crippen LogP contribution in [0.5, 0.6) is 0 Å². The number of anilines is 2. The van der Waals surface area contributed by atoms with Gasteiger partial charge in [0.25, 0.3) is 0 Å². The number of fused-ring (bicyclic) bond motifs is 3. The van der Waals surface area contributed by atoms with E-state index in [9.17, 15) is 0 Å². The minimum Gasteiger partial charge on any atom is -0.372 e. The van der Waals surface area contributed by atoms with Crippen LogP contribution < -0.4 is 10.6 Å². The molecule has 3 aromatic heterocycles. The first-order valence-corrected chi connectivity index (χ1v) is 13.3. The molecule has 0 spiro atoms. The average molecular weight is 501 g/mol. The molecule has 2 N–H and O–H groups in total. The van der Waals surface area contributed by atoms with Gasteiger partial charge in [0, 0.05) is 24.7 Å². The van der Waals surface area contributed by atoms with Gasteiger partial charge in [0.2, 0.25) is 0 Å². The van der Waals surface area contributed by atoms with Crippen molar-refractivity contribution in [1.29, 1.82) is 0 Å². The lowest BCUT2D eigenvalue weighted by atomic mass is 9.95. The first-order valence-electron chi connectivity index (χ1n) is 13.3. The third kappa shape index (κ3) is 4.53. The lowest BCUT2D eigenvalue weighted by Gasteiger charge is -2.24. The van der Waals surface area contributed by atoms with Crippen molar-refractivity contribution in [1.82, 2.24) is 19.5 Å². The van der Waals surface area contributed by atoms with Crippen LogP contribution in [0.2, 0.25) is 0 Å². The molecule has 2 aliphatic rings. The van der Waals surface area contributed by atoms with Crippen LogP contribution in [0, 0.1) is 5.92 Å². The second kappa shape index (κ2) is 9.26. The number of hydrogen-bond donors (Lipinski definition) is 2. The summed E-state index contributed by atoms with van der Waals surface area (Å²) >= 11 is 0. The molecule has 1 saturated heterocycles. The molecule has 6 rings (SSSR count). The van der Waals surface area contributed by atoms with E-state index in [1.807, 2.05) is 20.9 Å². The number of aromatic nitrogens is 4. The molecule has 2 fully saturated rings. The molecule has 4 heterocycles. The number of hydrogen-bond acceptors (Lipinski definition) is 7. The molecule has 194 valence electrons. The van der Waals surface area contributed by atoms with Crippen LogP contribution in [-0.4, -0.2) is 50.6 Å². The van der Waals surface area contributed by atoms with E-state index < -0.39 is 5.79 Å². The predicted molar refractivity (Wildman–Crippen MR) is 147 cm³/mol. The summed E-state index contributed by atoms with van der Waals surface area (Å²) in [6, 6.07) is 13.4. The first kappa shape index (κ1) is 24.1. The summed E-state index contributed by atoms with van der Waals surface area (Å²) in [6.07, 6.45) is 6.79. The van der Waals surface area contributed by atoms with Gasteiger partial charge in [-0.1, -0.05) is 12.1 Å². The summed E-state index contributed by atoms with van der Waals surface area (Å²) in [6.45, 7) is 8.30. The quantitative estimate of drug-likeness (QED) is 0.344. The van der Waals surface area contributed by atoms with Crippen LogP contribution in [0.25, 0.3) is 21.9 Å². The highest BCUT2D eigenvalue weighted by Crippen LogP contribution is 2.49. The number of benzene rings is 1. The van der Waals surface area contributed by atoms with Crippen LogP contribution >= 0.6 is 0 Å². The fourth-order valence-electron chi connectivity index (χ4n) is 6.10. The average Bonchev–Trinajstić information content (AvgIpc) is 3.52. The highest BCUT2D eigenvalue weighted by atomic mass is 16.8. The van der Waals surface area contributed by atoms with E-state index >= 15 is 0 Å². The van der Waals surface area contributed by atoms with Crippen molar-refractivity contribution >= 4 is 33.6 Å². The summed E-state index contributed by atoms with van der Waals surface area (Å²) in [5.41, 5.74) is 3.27. The van der Waals surface area contributed by atoms with Gasteiger partial charge in [0.05, 0.1) is 23.0 Å². The fourth-order valence-corrected chi connectivity index (χ4v) is 6.10. The molecule has 1 saturated carbocycles. The maximum Gasteiger partial charge on any atom is 0.163 e. The predicted octanol–water partition coefficient (Wildman–Crippen LogP) is 5.56. The largest absolute Gasteiger partial charge is 0.372 e. The minimum atomic E-state index is -0.590. The zero-order chi connectivity index (χ0) is 25.7. The smallest absolute Gasteiger partial charge is 0.163 e. The Morgan fingerprint density at radius 2 is 1.89 bits per heavy atom. The van der Waals surface area contributed by atoms with Gasteiger partial charge in [-0.05, 0) is 82.7 Å². The van der Waals surface area contributed by atoms with Gasteiger partial charge in [-0.15, -0.1) is 0 Å². The van der Waals surface area contributed by atoms with E-state index in [-0.39, 0.29) is 18.2 Å². The Kier molecular flexibility index (Phi) is 6.04. The van der Waals surface area contributed by atoms with Gasteiger partial charge >= 0.3 is 0 Å². The Morgan fingerprint density at radius 3 is 2.70 bits per heavy atom. The van der Waals surface area contributed by atoms with Crippen LogP contribution in [0.3, 0.4) is 0 Å². The second-order valence-corrected chi connectivity index (χ2v) is 11.1. The van der Waals surface area contributed by atoms with Crippen molar-refractivity contribution in [2.75, 3.05) is 17.7 Å². The van der Waals surface area contributed by atoms with Crippen LogP contribution in [0.4, 0.5) is 11.6 Å². The molecule has 0 amide bonds. The van der Waals surface area contributed by atoms with Crippen molar-refractivity contribution in [3.63, 3.8) is 0 Å². The first-order chi connectivity index (χ1) is 17.8. The van der Waals surface area contributed by atoms with Gasteiger partial charge in [0.15, 0.2) is 5.79 Å². The molecular weight excluding hydrogens is 464 g/mol. The van der Waals surface area contributed by atoms with Crippen LogP contribution in [0.1, 0.15) is 52.1 Å². The van der Waals surface area contributed by atoms with Crippen molar-refractivity contribution in [2.24, 2.45) is 5.92 Å². The van der Waals surface area contributed by atoms with E-state index in [1.165, 1.54) is 5.56 Å². The molecule has 8 nitrogen and oxygen atoms in total. The summed E-state index contributed by atoms with van der Waals surface area (Å²) < 4.78 is 15.2. The Balaban J connectivity index is 1.24. The SMILES string of the molecule is CNc1ncnc2c1ccn2[C@@H]1C[C@H](CCc2ccc3ccc(NC(C)C)nc3c2)[C@H]2OC(C)(C)O[C@H]21. The molecule has 8 heteroatoms. The number of nitrogens with one attached hydrogen (secondary N) is 2. The number of pyridine rings is 1. The highest BCUT2D eigenvalue weighted by Gasteiger charge is 2.54. The summed E-state index contributed by atoms with van der Waals surface area (Å²) in [5, 5.41) is 8.77. The van der Waals surface area contributed by atoms with Crippen LogP contribution in [0.15, 0.2) is 48.9 Å². The summed E-state index contributed by atoms with van der Waals surface area (Å²) in [5.74, 6) is 1.56. The standard InChI is InChI=1S/C29H36N6O2/c1-17(2)33-24-11-10-19-8-6-18(14-22(19)34-24)7-9-20-15-23(26-25(20)36-29(3,4)37-26)35-13-12-21-27(30-5)31-16-32-28(21)35/h6,8,10-14,16-17,20,23,25-26H,7,9,15H2,1-5H3,(H,33,34)(H,30,31,32)/t20-,23+,25+,26-/m0/s1. The maximum absolute atomic E-state index is 6.48. The van der Waals surface area contributed by atoms with E-state index in [0.29, 0.717) is 12.0 Å². The number of ether oxygens (including phenoxy) is 2. The molecular formula is C29H36N6O2. The second-order valence-electron chi connectivity index (χ2n) is 11.1. The van der Waals surface area contributed by atoms with Gasteiger partial charge in [-0.2, -0.15) is 0 Å². The maximum atomic E-state index is 6.48. The fraction of sp³-hybridized carbons (Fsp3) is 0.483. The third-order valence-electron chi connectivity index (χ3n) is 7.65. The van der Waals surface area contributed by atoms with E-state index in [2.05, 4.69) is 81.6 Å². The Labute approximate surface area is 217 Å². The Bertz CT molecular complexity index is 1430. The molecule has 4 aromatic rings. The van der Waals surface area contributed by atoms with E-state index in [0.717, 1.165) is 52.8 Å². The van der Waals surface area contributed by atoms with Crippen molar-refractivity contribution in [3.05, 3.63) is 54.5 Å². The van der Waals surface area contributed by atoms with Crippen molar-refractivity contribution < 1.29 is 9.47 Å². The lowest BCUT2D eigenvalue weighted by molar-refractivity contribution is -0.160. The van der Waals surface area contributed by atoms with Gasteiger partial charge in [0.1, 0.15) is 29.7 Å². The van der Waals surface area contributed by atoms with Gasteiger partial charge in [-0.25, -0.2) is 15.0 Å². The van der Waals surface area contributed by atoms with Crippen molar-refractivity contribution in [3.8, 4) is 0 Å². The number of aryl methyl sites for hydroxylation is 1. The highest BCUT2D eigenvalue weighted by molar-refractivity contribution is 5.87. The number of nitrogens with zero attached hydrogens (tertiary/aromatic N) is 4. The molecule has 4 atom stereocenters. The lowest BCUT2D eigenvalue weighted by Crippen LogP contribution is -2.27. The topological polar surface area (TPSA) is 86.1 Å². The molecule has 37 heavy (non-hydrogen) atoms. The Morgan fingerprint density at radius 1 is 1.08 bits per heavy atom. The van der Waals surface area contributed by atoms with E-state index in [1.54, 1.807) is 6.33 Å². The molecule has 0 unspecified atom stereocenters.